The normalized spacial score (nSPS) is 12.4. The Kier molecular flexibility index (Phi) is 4.28. The van der Waals surface area contributed by atoms with Crippen molar-refractivity contribution in [1.29, 1.82) is 0 Å². The molecular weight excluding hydrogens is 253 g/mol. The molecule has 0 spiro atoms. The molecular formula is C14H13ClFNO. The van der Waals surface area contributed by atoms with Gasteiger partial charge in [0.1, 0.15) is 5.82 Å². The summed E-state index contributed by atoms with van der Waals surface area (Å²) >= 11 is 6.01. The van der Waals surface area contributed by atoms with E-state index >= 15 is 0 Å². The molecule has 2 rings (SSSR count). The van der Waals surface area contributed by atoms with Gasteiger partial charge in [-0.15, -0.1) is 0 Å². The maximum Gasteiger partial charge on any atom is 0.126 e. The van der Waals surface area contributed by atoms with Gasteiger partial charge >= 0.3 is 0 Å². The summed E-state index contributed by atoms with van der Waals surface area (Å²) in [5, 5.41) is 9.97. The minimum atomic E-state index is -0.304. The third-order valence-electron chi connectivity index (χ3n) is 2.89. The van der Waals surface area contributed by atoms with Crippen molar-refractivity contribution in [1.82, 2.24) is 4.98 Å². The SMILES string of the molecule is OCC(Cc1ccncc1Cl)c1ccccc1F. The molecule has 2 nitrogen and oxygen atoms in total. The second kappa shape index (κ2) is 5.94. The van der Waals surface area contributed by atoms with Gasteiger partial charge in [0.05, 0.1) is 11.6 Å². The van der Waals surface area contributed by atoms with E-state index in [1.165, 1.54) is 6.07 Å². The lowest BCUT2D eigenvalue weighted by molar-refractivity contribution is 0.261. The molecule has 0 saturated carbocycles. The number of halogens is 2. The van der Waals surface area contributed by atoms with Crippen LogP contribution >= 0.6 is 11.6 Å². The van der Waals surface area contributed by atoms with Crippen molar-refractivity contribution in [3.63, 3.8) is 0 Å². The van der Waals surface area contributed by atoms with Crippen molar-refractivity contribution < 1.29 is 9.50 Å². The molecule has 0 saturated heterocycles. The highest BCUT2D eigenvalue weighted by Crippen LogP contribution is 2.25. The van der Waals surface area contributed by atoms with Crippen molar-refractivity contribution in [2.24, 2.45) is 0 Å². The number of benzene rings is 1. The van der Waals surface area contributed by atoms with Crippen LogP contribution in [0.3, 0.4) is 0 Å². The van der Waals surface area contributed by atoms with E-state index in [1.54, 1.807) is 36.7 Å². The molecule has 1 heterocycles. The fourth-order valence-corrected chi connectivity index (χ4v) is 2.11. The molecule has 4 heteroatoms. The van der Waals surface area contributed by atoms with Crippen LogP contribution in [0.15, 0.2) is 42.7 Å². The lowest BCUT2D eigenvalue weighted by Gasteiger charge is -2.16. The van der Waals surface area contributed by atoms with Gasteiger partial charge in [-0.25, -0.2) is 4.39 Å². The molecule has 0 aliphatic carbocycles. The van der Waals surface area contributed by atoms with Crippen LogP contribution in [0.5, 0.6) is 0 Å². The van der Waals surface area contributed by atoms with Crippen molar-refractivity contribution in [2.45, 2.75) is 12.3 Å². The van der Waals surface area contributed by atoms with Gasteiger partial charge in [-0.2, -0.15) is 0 Å². The lowest BCUT2D eigenvalue weighted by Crippen LogP contribution is -2.10. The third kappa shape index (κ3) is 2.86. The van der Waals surface area contributed by atoms with Crippen molar-refractivity contribution >= 4 is 11.6 Å². The van der Waals surface area contributed by atoms with E-state index in [2.05, 4.69) is 4.98 Å². The van der Waals surface area contributed by atoms with Crippen LogP contribution in [0, 0.1) is 5.82 Å². The van der Waals surface area contributed by atoms with Gasteiger partial charge < -0.3 is 5.11 Å². The zero-order chi connectivity index (χ0) is 13.0. The summed E-state index contributed by atoms with van der Waals surface area (Å²) in [5.41, 5.74) is 1.36. The van der Waals surface area contributed by atoms with Gasteiger partial charge in [0.15, 0.2) is 0 Å². The van der Waals surface area contributed by atoms with E-state index in [9.17, 15) is 9.50 Å². The number of hydrogen-bond acceptors (Lipinski definition) is 2. The zero-order valence-electron chi connectivity index (χ0n) is 9.68. The molecule has 2 aromatic rings. The van der Waals surface area contributed by atoms with Crippen LogP contribution in [0.2, 0.25) is 5.02 Å². The van der Waals surface area contributed by atoms with E-state index < -0.39 is 0 Å². The van der Waals surface area contributed by atoms with Crippen LogP contribution in [0.1, 0.15) is 17.0 Å². The van der Waals surface area contributed by atoms with Crippen LogP contribution in [0.25, 0.3) is 0 Å². The molecule has 94 valence electrons. The first kappa shape index (κ1) is 13.0. The van der Waals surface area contributed by atoms with Crippen LogP contribution in [0.4, 0.5) is 4.39 Å². The lowest BCUT2D eigenvalue weighted by atomic mass is 9.92. The Bertz CT molecular complexity index is 533. The van der Waals surface area contributed by atoms with Crippen molar-refractivity contribution in [3.05, 3.63) is 64.7 Å². The summed E-state index contributed by atoms with van der Waals surface area (Å²) < 4.78 is 13.7. The minimum absolute atomic E-state index is 0.125. The Morgan fingerprint density at radius 1 is 1.28 bits per heavy atom. The molecule has 1 aromatic heterocycles. The van der Waals surface area contributed by atoms with Crippen LogP contribution in [-0.2, 0) is 6.42 Å². The first-order chi connectivity index (χ1) is 8.72. The number of pyridine rings is 1. The second-order valence-electron chi connectivity index (χ2n) is 4.07. The minimum Gasteiger partial charge on any atom is -0.396 e. The standard InChI is InChI=1S/C14H13ClFNO/c15-13-8-17-6-5-10(13)7-11(9-18)12-3-1-2-4-14(12)16/h1-6,8,11,18H,7,9H2. The smallest absolute Gasteiger partial charge is 0.126 e. The Hall–Kier alpha value is -1.45. The van der Waals surface area contributed by atoms with Gasteiger partial charge in [-0.05, 0) is 29.7 Å². The van der Waals surface area contributed by atoms with Crippen LogP contribution < -0.4 is 0 Å². The number of nitrogens with zero attached hydrogens (tertiary/aromatic N) is 1. The average Bonchev–Trinajstić information content (AvgIpc) is 2.39. The fourth-order valence-electron chi connectivity index (χ4n) is 1.91. The topological polar surface area (TPSA) is 33.1 Å². The summed E-state index contributed by atoms with van der Waals surface area (Å²) in [6, 6.07) is 8.26. The van der Waals surface area contributed by atoms with Crippen LogP contribution in [-0.4, -0.2) is 16.7 Å². The van der Waals surface area contributed by atoms with Crippen molar-refractivity contribution in [2.75, 3.05) is 6.61 Å². The molecule has 0 aliphatic rings. The number of aliphatic hydroxyl groups is 1. The van der Waals surface area contributed by atoms with Crippen molar-refractivity contribution in [3.8, 4) is 0 Å². The largest absolute Gasteiger partial charge is 0.396 e. The predicted molar refractivity (Wildman–Crippen MR) is 69.2 cm³/mol. The summed E-state index contributed by atoms with van der Waals surface area (Å²) in [4.78, 5) is 3.90. The first-order valence-corrected chi connectivity index (χ1v) is 6.04. The van der Waals surface area contributed by atoms with E-state index in [0.29, 0.717) is 17.0 Å². The molecule has 1 atom stereocenters. The number of aliphatic hydroxyl groups excluding tert-OH is 1. The number of hydrogen-bond donors (Lipinski definition) is 1. The number of aromatic nitrogens is 1. The first-order valence-electron chi connectivity index (χ1n) is 5.66. The van der Waals surface area contributed by atoms with Gasteiger partial charge in [-0.1, -0.05) is 29.8 Å². The molecule has 1 unspecified atom stereocenters. The van der Waals surface area contributed by atoms with Gasteiger partial charge in [0.25, 0.3) is 0 Å². The average molecular weight is 266 g/mol. The molecule has 0 fully saturated rings. The fraction of sp³-hybridized carbons (Fsp3) is 0.214. The van der Waals surface area contributed by atoms with E-state index in [1.807, 2.05) is 0 Å². The van der Waals surface area contributed by atoms with Gasteiger partial charge in [-0.3, -0.25) is 4.98 Å². The Morgan fingerprint density at radius 3 is 2.72 bits per heavy atom. The Morgan fingerprint density at radius 2 is 2.06 bits per heavy atom. The molecule has 0 bridgehead atoms. The van der Waals surface area contributed by atoms with E-state index in [-0.39, 0.29) is 18.3 Å². The third-order valence-corrected chi connectivity index (χ3v) is 3.23. The summed E-state index contributed by atoms with van der Waals surface area (Å²) in [6.07, 6.45) is 3.67. The van der Waals surface area contributed by atoms with Gasteiger partial charge in [0.2, 0.25) is 0 Å². The summed E-state index contributed by atoms with van der Waals surface area (Å²) in [7, 11) is 0. The van der Waals surface area contributed by atoms with E-state index in [4.69, 9.17) is 11.6 Å². The quantitative estimate of drug-likeness (QED) is 0.921. The Labute approximate surface area is 110 Å². The molecule has 18 heavy (non-hydrogen) atoms. The highest BCUT2D eigenvalue weighted by Gasteiger charge is 2.16. The highest BCUT2D eigenvalue weighted by molar-refractivity contribution is 6.31. The monoisotopic (exact) mass is 265 g/mol. The summed E-state index contributed by atoms with van der Waals surface area (Å²) in [5.74, 6) is -0.604. The Balaban J connectivity index is 2.26. The molecule has 0 radical (unpaired) electrons. The molecule has 0 aliphatic heterocycles. The maximum absolute atomic E-state index is 13.7. The number of rotatable bonds is 4. The summed E-state index contributed by atoms with van der Waals surface area (Å²) in [6.45, 7) is -0.125. The maximum atomic E-state index is 13.7. The van der Waals surface area contributed by atoms with E-state index in [0.717, 1.165) is 5.56 Å². The highest BCUT2D eigenvalue weighted by atomic mass is 35.5. The molecule has 1 N–H and O–H groups in total. The van der Waals surface area contributed by atoms with Gasteiger partial charge in [0, 0.05) is 18.3 Å². The zero-order valence-corrected chi connectivity index (χ0v) is 10.4. The second-order valence-corrected chi connectivity index (χ2v) is 4.48. The molecule has 1 aromatic carbocycles. The predicted octanol–water partition coefficient (Wildman–Crippen LogP) is 3.19. The molecule has 0 amide bonds.